The summed E-state index contributed by atoms with van der Waals surface area (Å²) in [5.74, 6) is -0.212. The highest BCUT2D eigenvalue weighted by Crippen LogP contribution is 2.11. The predicted octanol–water partition coefficient (Wildman–Crippen LogP) is 2.02. The Morgan fingerprint density at radius 2 is 1.96 bits per heavy atom. The summed E-state index contributed by atoms with van der Waals surface area (Å²) in [6.45, 7) is 2.18. The molecule has 0 spiro atoms. The molecular formula is C18H17N3O2. The standard InChI is InChI=1S/C18H17N3O2/c1-13-10-14-6-2-3-8-16(14)18(23)21(13)12-17(22)20-11-15-7-4-5-9-19-15/h2-10H,11-12H2,1H3,(H,20,22). The molecule has 0 bridgehead atoms. The van der Waals surface area contributed by atoms with Crippen LogP contribution in [0.3, 0.4) is 0 Å². The van der Waals surface area contributed by atoms with E-state index in [-0.39, 0.29) is 18.0 Å². The van der Waals surface area contributed by atoms with Crippen molar-refractivity contribution in [3.8, 4) is 0 Å². The number of fused-ring (bicyclic) bond motifs is 1. The van der Waals surface area contributed by atoms with Gasteiger partial charge >= 0.3 is 0 Å². The molecule has 1 amide bonds. The third kappa shape index (κ3) is 3.29. The minimum Gasteiger partial charge on any atom is -0.349 e. The van der Waals surface area contributed by atoms with Crippen molar-refractivity contribution in [2.45, 2.75) is 20.0 Å². The van der Waals surface area contributed by atoms with Gasteiger partial charge in [-0.25, -0.2) is 0 Å². The van der Waals surface area contributed by atoms with Crippen LogP contribution in [-0.2, 0) is 17.9 Å². The molecule has 3 rings (SSSR count). The second-order valence-electron chi connectivity index (χ2n) is 5.36. The predicted molar refractivity (Wildman–Crippen MR) is 89.0 cm³/mol. The molecule has 0 radical (unpaired) electrons. The first-order valence-electron chi connectivity index (χ1n) is 7.41. The van der Waals surface area contributed by atoms with Gasteiger partial charge in [0, 0.05) is 17.3 Å². The number of carbonyl (C=O) groups excluding carboxylic acids is 1. The Kier molecular flexibility index (Phi) is 4.19. The number of amides is 1. The Labute approximate surface area is 133 Å². The van der Waals surface area contributed by atoms with Crippen LogP contribution in [0.2, 0.25) is 0 Å². The van der Waals surface area contributed by atoms with Crippen LogP contribution in [0.15, 0.2) is 59.5 Å². The molecule has 1 N–H and O–H groups in total. The Morgan fingerprint density at radius 3 is 2.74 bits per heavy atom. The fraction of sp³-hybridized carbons (Fsp3) is 0.167. The van der Waals surface area contributed by atoms with Gasteiger partial charge in [0.25, 0.3) is 5.56 Å². The first-order valence-corrected chi connectivity index (χ1v) is 7.41. The van der Waals surface area contributed by atoms with E-state index in [1.54, 1.807) is 12.3 Å². The second-order valence-corrected chi connectivity index (χ2v) is 5.36. The number of nitrogens with one attached hydrogen (secondary N) is 1. The van der Waals surface area contributed by atoms with Crippen LogP contribution in [0.1, 0.15) is 11.4 Å². The fourth-order valence-electron chi connectivity index (χ4n) is 2.51. The Hall–Kier alpha value is -2.95. The van der Waals surface area contributed by atoms with E-state index in [4.69, 9.17) is 0 Å². The van der Waals surface area contributed by atoms with E-state index in [1.165, 1.54) is 4.57 Å². The summed E-state index contributed by atoms with van der Waals surface area (Å²) in [5.41, 5.74) is 1.40. The number of nitrogens with zero attached hydrogens (tertiary/aromatic N) is 2. The van der Waals surface area contributed by atoms with Gasteiger partial charge in [-0.2, -0.15) is 0 Å². The van der Waals surface area contributed by atoms with Crippen LogP contribution < -0.4 is 10.9 Å². The third-order valence-electron chi connectivity index (χ3n) is 3.72. The number of pyridine rings is 2. The number of benzene rings is 1. The van der Waals surface area contributed by atoms with Crippen molar-refractivity contribution >= 4 is 16.7 Å². The molecule has 0 fully saturated rings. The average molecular weight is 307 g/mol. The normalized spacial score (nSPS) is 10.7. The summed E-state index contributed by atoms with van der Waals surface area (Å²) < 4.78 is 1.50. The molecule has 5 heteroatoms. The van der Waals surface area contributed by atoms with E-state index in [0.29, 0.717) is 11.9 Å². The summed E-state index contributed by atoms with van der Waals surface area (Å²) >= 11 is 0. The van der Waals surface area contributed by atoms with Crippen LogP contribution in [0, 0.1) is 6.92 Å². The van der Waals surface area contributed by atoms with E-state index in [2.05, 4.69) is 10.3 Å². The van der Waals surface area contributed by atoms with Gasteiger partial charge in [-0.1, -0.05) is 24.3 Å². The van der Waals surface area contributed by atoms with Gasteiger partial charge in [-0.3, -0.25) is 14.6 Å². The van der Waals surface area contributed by atoms with Crippen molar-refractivity contribution in [3.05, 3.63) is 76.5 Å². The Balaban J connectivity index is 1.78. The molecule has 3 aromatic rings. The van der Waals surface area contributed by atoms with Crippen molar-refractivity contribution in [1.29, 1.82) is 0 Å². The molecule has 0 aliphatic heterocycles. The number of hydrogen-bond donors (Lipinski definition) is 1. The summed E-state index contributed by atoms with van der Waals surface area (Å²) in [5, 5.41) is 4.30. The molecular weight excluding hydrogens is 290 g/mol. The first kappa shape index (κ1) is 15.0. The van der Waals surface area contributed by atoms with Gasteiger partial charge in [-0.15, -0.1) is 0 Å². The monoisotopic (exact) mass is 307 g/mol. The average Bonchev–Trinajstić information content (AvgIpc) is 2.58. The number of hydrogen-bond acceptors (Lipinski definition) is 3. The molecule has 2 heterocycles. The minimum atomic E-state index is -0.212. The highest BCUT2D eigenvalue weighted by Gasteiger charge is 2.10. The van der Waals surface area contributed by atoms with Crippen LogP contribution >= 0.6 is 0 Å². The molecule has 2 aromatic heterocycles. The number of aromatic nitrogens is 2. The molecule has 0 atom stereocenters. The van der Waals surface area contributed by atoms with E-state index >= 15 is 0 Å². The SMILES string of the molecule is Cc1cc2ccccc2c(=O)n1CC(=O)NCc1ccccn1. The zero-order valence-corrected chi connectivity index (χ0v) is 12.8. The van der Waals surface area contributed by atoms with Crippen molar-refractivity contribution in [1.82, 2.24) is 14.9 Å². The lowest BCUT2D eigenvalue weighted by Gasteiger charge is -2.11. The minimum absolute atomic E-state index is 0.00232. The van der Waals surface area contributed by atoms with Gasteiger partial charge < -0.3 is 9.88 Å². The van der Waals surface area contributed by atoms with Gasteiger partial charge in [-0.05, 0) is 36.6 Å². The van der Waals surface area contributed by atoms with Crippen molar-refractivity contribution in [3.63, 3.8) is 0 Å². The molecule has 0 unspecified atom stereocenters. The third-order valence-corrected chi connectivity index (χ3v) is 3.72. The van der Waals surface area contributed by atoms with E-state index in [0.717, 1.165) is 16.8 Å². The number of aryl methyl sites for hydroxylation is 1. The maximum atomic E-state index is 12.5. The zero-order valence-electron chi connectivity index (χ0n) is 12.8. The van der Waals surface area contributed by atoms with Gasteiger partial charge in [0.15, 0.2) is 0 Å². The molecule has 0 saturated carbocycles. The number of carbonyl (C=O) groups is 1. The lowest BCUT2D eigenvalue weighted by molar-refractivity contribution is -0.121. The molecule has 1 aromatic carbocycles. The van der Waals surface area contributed by atoms with Crippen molar-refractivity contribution < 1.29 is 4.79 Å². The van der Waals surface area contributed by atoms with E-state index < -0.39 is 0 Å². The molecule has 5 nitrogen and oxygen atoms in total. The number of rotatable bonds is 4. The summed E-state index contributed by atoms with van der Waals surface area (Å²) in [7, 11) is 0. The van der Waals surface area contributed by atoms with Crippen LogP contribution in [0.4, 0.5) is 0 Å². The molecule has 0 aliphatic carbocycles. The van der Waals surface area contributed by atoms with Crippen molar-refractivity contribution in [2.75, 3.05) is 0 Å². The van der Waals surface area contributed by atoms with E-state index in [9.17, 15) is 9.59 Å². The zero-order chi connectivity index (χ0) is 16.2. The lowest BCUT2D eigenvalue weighted by Crippen LogP contribution is -2.33. The van der Waals surface area contributed by atoms with Crippen molar-refractivity contribution in [2.24, 2.45) is 0 Å². The maximum Gasteiger partial charge on any atom is 0.259 e. The first-order chi connectivity index (χ1) is 11.1. The van der Waals surface area contributed by atoms with Gasteiger partial charge in [0.2, 0.25) is 5.91 Å². The molecule has 116 valence electrons. The maximum absolute atomic E-state index is 12.5. The molecule has 23 heavy (non-hydrogen) atoms. The van der Waals surface area contributed by atoms with Crippen LogP contribution in [0.5, 0.6) is 0 Å². The molecule has 0 aliphatic rings. The second kappa shape index (κ2) is 6.44. The highest BCUT2D eigenvalue weighted by molar-refractivity contribution is 5.82. The van der Waals surface area contributed by atoms with Gasteiger partial charge in [0.1, 0.15) is 6.54 Å². The Bertz CT molecular complexity index is 901. The highest BCUT2D eigenvalue weighted by atomic mass is 16.2. The summed E-state index contributed by atoms with van der Waals surface area (Å²) in [4.78, 5) is 28.8. The summed E-state index contributed by atoms with van der Waals surface area (Å²) in [6, 6.07) is 14.8. The summed E-state index contributed by atoms with van der Waals surface area (Å²) in [6.07, 6.45) is 1.68. The van der Waals surface area contributed by atoms with Gasteiger partial charge in [0.05, 0.1) is 12.2 Å². The fourth-order valence-corrected chi connectivity index (χ4v) is 2.51. The quantitative estimate of drug-likeness (QED) is 0.802. The van der Waals surface area contributed by atoms with Crippen LogP contribution in [-0.4, -0.2) is 15.5 Å². The smallest absolute Gasteiger partial charge is 0.259 e. The topological polar surface area (TPSA) is 64.0 Å². The lowest BCUT2D eigenvalue weighted by atomic mass is 10.1. The largest absolute Gasteiger partial charge is 0.349 e. The van der Waals surface area contributed by atoms with Crippen LogP contribution in [0.25, 0.3) is 10.8 Å². The Morgan fingerprint density at radius 1 is 1.17 bits per heavy atom. The molecule has 0 saturated heterocycles. The van der Waals surface area contributed by atoms with E-state index in [1.807, 2.05) is 49.4 Å².